The van der Waals surface area contributed by atoms with E-state index >= 15 is 0 Å². The Kier molecular flexibility index (Phi) is 3.78. The molecular weight excluding hydrogens is 269 g/mol. The fraction of sp³-hybridized carbons (Fsp3) is 0.231. The molecule has 0 bridgehead atoms. The maximum absolute atomic E-state index is 12.5. The van der Waals surface area contributed by atoms with Gasteiger partial charge in [0, 0.05) is 24.5 Å². The van der Waals surface area contributed by atoms with Crippen molar-refractivity contribution in [3.63, 3.8) is 0 Å². The molecule has 2 N–H and O–H groups in total. The van der Waals surface area contributed by atoms with E-state index < -0.39 is 11.7 Å². The van der Waals surface area contributed by atoms with Gasteiger partial charge in [-0.05, 0) is 31.2 Å². The Bertz CT molecular complexity index is 594. The van der Waals surface area contributed by atoms with Crippen molar-refractivity contribution in [2.45, 2.75) is 13.1 Å². The van der Waals surface area contributed by atoms with Crippen LogP contribution in [-0.4, -0.2) is 17.0 Å². The van der Waals surface area contributed by atoms with Gasteiger partial charge in [-0.2, -0.15) is 18.2 Å². The molecule has 0 aliphatic carbocycles. The third-order valence-corrected chi connectivity index (χ3v) is 2.67. The molecule has 20 heavy (non-hydrogen) atoms. The van der Waals surface area contributed by atoms with Crippen LogP contribution in [0.15, 0.2) is 30.5 Å². The molecule has 0 radical (unpaired) electrons. The largest absolute Gasteiger partial charge is 0.416 e. The van der Waals surface area contributed by atoms with Crippen LogP contribution < -0.4 is 10.6 Å². The van der Waals surface area contributed by atoms with Gasteiger partial charge in [-0.3, -0.25) is 0 Å². The first-order valence-corrected chi connectivity index (χ1v) is 5.86. The summed E-state index contributed by atoms with van der Waals surface area (Å²) in [5, 5.41) is 5.77. The number of halogens is 3. The van der Waals surface area contributed by atoms with E-state index in [0.29, 0.717) is 17.5 Å². The first kappa shape index (κ1) is 14.1. The monoisotopic (exact) mass is 282 g/mol. The van der Waals surface area contributed by atoms with Gasteiger partial charge in [0.2, 0.25) is 5.95 Å². The van der Waals surface area contributed by atoms with E-state index in [-0.39, 0.29) is 0 Å². The molecule has 106 valence electrons. The Morgan fingerprint density at radius 2 is 1.75 bits per heavy atom. The third kappa shape index (κ3) is 3.17. The van der Waals surface area contributed by atoms with E-state index in [0.717, 1.165) is 17.7 Å². The van der Waals surface area contributed by atoms with Crippen LogP contribution in [-0.2, 0) is 6.18 Å². The molecule has 7 heteroatoms. The van der Waals surface area contributed by atoms with Gasteiger partial charge < -0.3 is 10.6 Å². The second kappa shape index (κ2) is 5.36. The topological polar surface area (TPSA) is 49.8 Å². The van der Waals surface area contributed by atoms with Crippen LogP contribution in [0.2, 0.25) is 0 Å². The summed E-state index contributed by atoms with van der Waals surface area (Å²) >= 11 is 0. The van der Waals surface area contributed by atoms with E-state index in [1.165, 1.54) is 12.1 Å². The van der Waals surface area contributed by atoms with Crippen LogP contribution in [0.25, 0.3) is 0 Å². The summed E-state index contributed by atoms with van der Waals surface area (Å²) in [6.45, 7) is 1.81. The summed E-state index contributed by atoms with van der Waals surface area (Å²) in [5.41, 5.74) is 0.643. The highest BCUT2D eigenvalue weighted by Crippen LogP contribution is 2.30. The molecular formula is C13H13F3N4. The highest BCUT2D eigenvalue weighted by atomic mass is 19.4. The van der Waals surface area contributed by atoms with Gasteiger partial charge in [0.15, 0.2) is 0 Å². The highest BCUT2D eigenvalue weighted by Gasteiger charge is 2.29. The minimum absolute atomic E-state index is 0.435. The summed E-state index contributed by atoms with van der Waals surface area (Å²) in [5.74, 6) is 0.981. The van der Waals surface area contributed by atoms with Crippen LogP contribution in [0.1, 0.15) is 11.1 Å². The van der Waals surface area contributed by atoms with Crippen LogP contribution >= 0.6 is 0 Å². The molecule has 2 rings (SSSR count). The summed E-state index contributed by atoms with van der Waals surface area (Å²) in [7, 11) is 1.69. The number of hydrogen-bond acceptors (Lipinski definition) is 4. The van der Waals surface area contributed by atoms with Crippen molar-refractivity contribution in [2.24, 2.45) is 0 Å². The molecule has 4 nitrogen and oxygen atoms in total. The predicted molar refractivity (Wildman–Crippen MR) is 71.0 cm³/mol. The number of aryl methyl sites for hydroxylation is 1. The molecule has 0 saturated heterocycles. The summed E-state index contributed by atoms with van der Waals surface area (Å²) in [4.78, 5) is 8.24. The average molecular weight is 282 g/mol. The van der Waals surface area contributed by atoms with E-state index in [9.17, 15) is 13.2 Å². The van der Waals surface area contributed by atoms with Gasteiger partial charge in [0.25, 0.3) is 0 Å². The van der Waals surface area contributed by atoms with E-state index in [1.54, 1.807) is 13.2 Å². The van der Waals surface area contributed by atoms with Crippen molar-refractivity contribution in [1.29, 1.82) is 0 Å². The number of anilines is 3. The Morgan fingerprint density at radius 1 is 1.10 bits per heavy atom. The zero-order chi connectivity index (χ0) is 14.8. The number of nitrogens with one attached hydrogen (secondary N) is 2. The standard InChI is InChI=1S/C13H13F3N4/c1-8-7-18-12(17-2)20-11(8)19-10-5-3-9(4-6-10)13(14,15)16/h3-7H,1-2H3,(H2,17,18,19,20). The summed E-state index contributed by atoms with van der Waals surface area (Å²) in [6.07, 6.45) is -2.70. The van der Waals surface area contributed by atoms with Gasteiger partial charge in [-0.25, -0.2) is 4.98 Å². The molecule has 0 aliphatic rings. The molecule has 0 amide bonds. The van der Waals surface area contributed by atoms with Gasteiger partial charge in [-0.1, -0.05) is 0 Å². The van der Waals surface area contributed by atoms with Gasteiger partial charge >= 0.3 is 6.18 Å². The lowest BCUT2D eigenvalue weighted by Crippen LogP contribution is -2.05. The predicted octanol–water partition coefficient (Wildman–Crippen LogP) is 3.59. The zero-order valence-electron chi connectivity index (χ0n) is 10.9. The smallest absolute Gasteiger partial charge is 0.357 e. The van der Waals surface area contributed by atoms with Gasteiger partial charge in [0.05, 0.1) is 5.56 Å². The van der Waals surface area contributed by atoms with Crippen LogP contribution in [0.3, 0.4) is 0 Å². The molecule has 1 aromatic heterocycles. The number of rotatable bonds is 3. The summed E-state index contributed by atoms with van der Waals surface area (Å²) in [6, 6.07) is 4.78. The third-order valence-electron chi connectivity index (χ3n) is 2.67. The first-order valence-electron chi connectivity index (χ1n) is 5.86. The van der Waals surface area contributed by atoms with Crippen molar-refractivity contribution < 1.29 is 13.2 Å². The molecule has 1 heterocycles. The fourth-order valence-corrected chi connectivity index (χ4v) is 1.57. The van der Waals surface area contributed by atoms with Crippen molar-refractivity contribution in [1.82, 2.24) is 9.97 Å². The highest BCUT2D eigenvalue weighted by molar-refractivity contribution is 5.60. The Morgan fingerprint density at radius 3 is 2.30 bits per heavy atom. The van der Waals surface area contributed by atoms with Gasteiger partial charge in [0.1, 0.15) is 5.82 Å². The SMILES string of the molecule is CNc1ncc(C)c(Nc2ccc(C(F)(F)F)cc2)n1. The van der Waals surface area contributed by atoms with Gasteiger partial charge in [-0.15, -0.1) is 0 Å². The second-order valence-corrected chi connectivity index (χ2v) is 4.18. The summed E-state index contributed by atoms with van der Waals surface area (Å²) < 4.78 is 37.4. The number of alkyl halides is 3. The fourth-order valence-electron chi connectivity index (χ4n) is 1.57. The molecule has 0 saturated carbocycles. The molecule has 2 aromatic rings. The van der Waals surface area contributed by atoms with E-state index in [2.05, 4.69) is 20.6 Å². The lowest BCUT2D eigenvalue weighted by atomic mass is 10.2. The number of hydrogen-bond donors (Lipinski definition) is 2. The van der Waals surface area contributed by atoms with Crippen LogP contribution in [0.5, 0.6) is 0 Å². The minimum Gasteiger partial charge on any atom is -0.357 e. The molecule has 0 fully saturated rings. The minimum atomic E-state index is -4.33. The number of benzene rings is 1. The number of nitrogens with zero attached hydrogens (tertiary/aromatic N) is 2. The molecule has 0 atom stereocenters. The van der Waals surface area contributed by atoms with Crippen molar-refractivity contribution in [3.05, 3.63) is 41.6 Å². The zero-order valence-corrected chi connectivity index (χ0v) is 10.9. The maximum atomic E-state index is 12.5. The Balaban J connectivity index is 2.22. The van der Waals surface area contributed by atoms with Crippen molar-refractivity contribution in [2.75, 3.05) is 17.7 Å². The van der Waals surface area contributed by atoms with Crippen molar-refractivity contribution in [3.8, 4) is 0 Å². The first-order chi connectivity index (χ1) is 9.40. The Hall–Kier alpha value is -2.31. The molecule has 0 spiro atoms. The normalized spacial score (nSPS) is 11.2. The molecule has 1 aromatic carbocycles. The average Bonchev–Trinajstić information content (AvgIpc) is 2.41. The second-order valence-electron chi connectivity index (χ2n) is 4.18. The van der Waals surface area contributed by atoms with Crippen molar-refractivity contribution >= 4 is 17.5 Å². The molecule has 0 unspecified atom stereocenters. The van der Waals surface area contributed by atoms with Crippen LogP contribution in [0, 0.1) is 6.92 Å². The lowest BCUT2D eigenvalue weighted by Gasteiger charge is -2.11. The molecule has 0 aliphatic heterocycles. The van der Waals surface area contributed by atoms with Crippen LogP contribution in [0.4, 0.5) is 30.6 Å². The maximum Gasteiger partial charge on any atom is 0.416 e. The lowest BCUT2D eigenvalue weighted by molar-refractivity contribution is -0.137. The van der Waals surface area contributed by atoms with E-state index in [4.69, 9.17) is 0 Å². The number of aromatic nitrogens is 2. The Labute approximate surface area is 114 Å². The van der Waals surface area contributed by atoms with E-state index in [1.807, 2.05) is 6.92 Å². The quantitative estimate of drug-likeness (QED) is 0.903.